The van der Waals surface area contributed by atoms with Crippen LogP contribution >= 0.6 is 22.9 Å². The molecule has 2 aromatic rings. The zero-order chi connectivity index (χ0) is 14.7. The number of thiazole rings is 1. The molecule has 20 heavy (non-hydrogen) atoms. The highest BCUT2D eigenvalue weighted by Crippen LogP contribution is 2.13. The number of rotatable bonds is 5. The molecule has 0 aliphatic carbocycles. The highest BCUT2D eigenvalue weighted by atomic mass is 35.5. The summed E-state index contributed by atoms with van der Waals surface area (Å²) in [6.45, 7) is 0.332. The van der Waals surface area contributed by atoms with Crippen LogP contribution < -0.4 is 5.32 Å². The number of nitrogens with one attached hydrogen (secondary N) is 1. The summed E-state index contributed by atoms with van der Waals surface area (Å²) in [5, 5.41) is 17.7. The number of halogens is 1. The van der Waals surface area contributed by atoms with Gasteiger partial charge in [-0.2, -0.15) is 5.10 Å². The van der Waals surface area contributed by atoms with Crippen molar-refractivity contribution in [1.29, 1.82) is 0 Å². The fourth-order valence-corrected chi connectivity index (χ4v) is 2.54. The van der Waals surface area contributed by atoms with E-state index in [0.717, 1.165) is 0 Å². The second-order valence-corrected chi connectivity index (χ2v) is 5.29. The molecule has 106 valence electrons. The number of carbonyl (C=O) groups is 2. The van der Waals surface area contributed by atoms with Gasteiger partial charge in [0.05, 0.1) is 10.0 Å². The van der Waals surface area contributed by atoms with Gasteiger partial charge in [-0.1, -0.05) is 11.6 Å². The molecule has 0 unspecified atom stereocenters. The Bertz CT molecular complexity index is 652. The average Bonchev–Trinajstić information content (AvgIpc) is 2.96. The van der Waals surface area contributed by atoms with Crippen molar-refractivity contribution in [2.75, 3.05) is 6.54 Å². The molecule has 0 aromatic carbocycles. The first kappa shape index (κ1) is 14.5. The summed E-state index contributed by atoms with van der Waals surface area (Å²) in [5.74, 6) is -1.43. The van der Waals surface area contributed by atoms with E-state index in [-0.39, 0.29) is 22.3 Å². The molecule has 0 saturated heterocycles. The van der Waals surface area contributed by atoms with E-state index in [1.54, 1.807) is 7.05 Å². The zero-order valence-electron chi connectivity index (χ0n) is 10.5. The molecule has 7 nitrogen and oxygen atoms in total. The average molecular weight is 315 g/mol. The van der Waals surface area contributed by atoms with Gasteiger partial charge < -0.3 is 10.4 Å². The van der Waals surface area contributed by atoms with Crippen LogP contribution in [0, 0.1) is 0 Å². The van der Waals surface area contributed by atoms with Crippen molar-refractivity contribution in [1.82, 2.24) is 20.1 Å². The van der Waals surface area contributed by atoms with Crippen LogP contribution in [0.15, 0.2) is 11.6 Å². The van der Waals surface area contributed by atoms with Crippen LogP contribution in [0.2, 0.25) is 5.02 Å². The Labute approximate surface area is 123 Å². The van der Waals surface area contributed by atoms with Crippen LogP contribution in [0.4, 0.5) is 0 Å². The molecule has 0 saturated carbocycles. The maximum absolute atomic E-state index is 11.8. The van der Waals surface area contributed by atoms with Gasteiger partial charge >= 0.3 is 5.97 Å². The molecule has 2 aromatic heterocycles. The molecule has 0 radical (unpaired) electrons. The number of amides is 1. The smallest absolute Gasteiger partial charge is 0.355 e. The highest BCUT2D eigenvalue weighted by molar-refractivity contribution is 7.09. The van der Waals surface area contributed by atoms with E-state index < -0.39 is 5.97 Å². The Morgan fingerprint density at radius 3 is 2.85 bits per heavy atom. The van der Waals surface area contributed by atoms with Crippen molar-refractivity contribution in [2.24, 2.45) is 7.05 Å². The Kier molecular flexibility index (Phi) is 4.35. The van der Waals surface area contributed by atoms with Gasteiger partial charge in [0, 0.05) is 31.6 Å². The van der Waals surface area contributed by atoms with Crippen molar-refractivity contribution in [3.63, 3.8) is 0 Å². The molecule has 2 rings (SSSR count). The maximum Gasteiger partial charge on any atom is 0.355 e. The lowest BCUT2D eigenvalue weighted by Crippen LogP contribution is -2.26. The quantitative estimate of drug-likeness (QED) is 0.864. The van der Waals surface area contributed by atoms with Crippen LogP contribution in [0.25, 0.3) is 0 Å². The van der Waals surface area contributed by atoms with E-state index in [4.69, 9.17) is 16.7 Å². The second-order valence-electron chi connectivity index (χ2n) is 3.94. The minimum Gasteiger partial charge on any atom is -0.476 e. The predicted octanol–water partition coefficient (Wildman–Crippen LogP) is 1.20. The van der Waals surface area contributed by atoms with Gasteiger partial charge in [0.15, 0.2) is 11.4 Å². The van der Waals surface area contributed by atoms with Crippen LogP contribution in [-0.2, 0) is 13.5 Å². The molecular formula is C11H11ClN4O3S. The van der Waals surface area contributed by atoms with Crippen molar-refractivity contribution in [3.05, 3.63) is 33.0 Å². The number of aromatic nitrogens is 3. The van der Waals surface area contributed by atoms with E-state index in [1.165, 1.54) is 27.6 Å². The van der Waals surface area contributed by atoms with Gasteiger partial charge in [0.2, 0.25) is 0 Å². The minimum atomic E-state index is -1.06. The Morgan fingerprint density at radius 2 is 2.30 bits per heavy atom. The molecule has 9 heteroatoms. The third-order valence-corrected chi connectivity index (χ3v) is 3.58. The van der Waals surface area contributed by atoms with Gasteiger partial charge in [-0.25, -0.2) is 9.78 Å². The SMILES string of the molecule is Cn1cc(Cl)c(C(=O)NCCc2nc(C(=O)O)cs2)n1. The third kappa shape index (κ3) is 3.34. The predicted molar refractivity (Wildman–Crippen MR) is 73.3 cm³/mol. The topological polar surface area (TPSA) is 97.1 Å². The lowest BCUT2D eigenvalue weighted by molar-refractivity contribution is 0.0690. The monoisotopic (exact) mass is 314 g/mol. The number of carbonyl (C=O) groups excluding carboxylic acids is 1. The molecule has 0 atom stereocenters. The first-order valence-corrected chi connectivity index (χ1v) is 6.88. The lowest BCUT2D eigenvalue weighted by atomic mass is 10.3. The molecule has 2 heterocycles. The van der Waals surface area contributed by atoms with Crippen LogP contribution in [-0.4, -0.2) is 38.3 Å². The molecule has 0 spiro atoms. The van der Waals surface area contributed by atoms with E-state index in [0.29, 0.717) is 18.0 Å². The van der Waals surface area contributed by atoms with E-state index >= 15 is 0 Å². The first-order valence-electron chi connectivity index (χ1n) is 5.62. The van der Waals surface area contributed by atoms with E-state index in [1.807, 2.05) is 0 Å². The normalized spacial score (nSPS) is 10.5. The van der Waals surface area contributed by atoms with Crippen molar-refractivity contribution < 1.29 is 14.7 Å². The van der Waals surface area contributed by atoms with Crippen LogP contribution in [0.1, 0.15) is 26.0 Å². The Balaban J connectivity index is 1.87. The minimum absolute atomic E-state index is 0.0177. The maximum atomic E-state index is 11.8. The molecule has 2 N–H and O–H groups in total. The standard InChI is InChI=1S/C11H11ClN4O3S/c1-16-4-6(12)9(15-16)10(17)13-3-2-8-14-7(5-20-8)11(18)19/h4-5H,2-3H2,1H3,(H,13,17)(H,18,19). The van der Waals surface area contributed by atoms with Crippen LogP contribution in [0.3, 0.4) is 0 Å². The molecule has 0 fully saturated rings. The first-order chi connectivity index (χ1) is 9.47. The van der Waals surface area contributed by atoms with Gasteiger partial charge in [-0.05, 0) is 0 Å². The third-order valence-electron chi connectivity index (χ3n) is 2.39. The number of carboxylic acid groups (broad SMARTS) is 1. The van der Waals surface area contributed by atoms with Crippen molar-refractivity contribution >= 4 is 34.8 Å². The summed E-state index contributed by atoms with van der Waals surface area (Å²) < 4.78 is 1.46. The van der Waals surface area contributed by atoms with Gasteiger partial charge in [0.1, 0.15) is 0 Å². The molecule has 0 aliphatic heterocycles. The van der Waals surface area contributed by atoms with E-state index in [9.17, 15) is 9.59 Å². The summed E-state index contributed by atoms with van der Waals surface area (Å²) >= 11 is 7.10. The number of carboxylic acids is 1. The fraction of sp³-hybridized carbons (Fsp3) is 0.273. The summed E-state index contributed by atoms with van der Waals surface area (Å²) in [6, 6.07) is 0. The molecular weight excluding hydrogens is 304 g/mol. The largest absolute Gasteiger partial charge is 0.476 e. The van der Waals surface area contributed by atoms with Crippen molar-refractivity contribution in [3.8, 4) is 0 Å². The molecule has 1 amide bonds. The summed E-state index contributed by atoms with van der Waals surface area (Å²) in [7, 11) is 1.67. The van der Waals surface area contributed by atoms with Crippen molar-refractivity contribution in [2.45, 2.75) is 6.42 Å². The van der Waals surface area contributed by atoms with E-state index in [2.05, 4.69) is 15.4 Å². The number of aromatic carboxylic acids is 1. The lowest BCUT2D eigenvalue weighted by Gasteiger charge is -2.01. The Hall–Kier alpha value is -1.93. The Morgan fingerprint density at radius 1 is 1.55 bits per heavy atom. The zero-order valence-corrected chi connectivity index (χ0v) is 12.0. The second kappa shape index (κ2) is 6.02. The van der Waals surface area contributed by atoms with Gasteiger partial charge in [-0.15, -0.1) is 11.3 Å². The number of aryl methyl sites for hydroxylation is 1. The molecule has 0 aliphatic rings. The summed E-state index contributed by atoms with van der Waals surface area (Å²) in [4.78, 5) is 26.4. The van der Waals surface area contributed by atoms with Crippen LogP contribution in [0.5, 0.6) is 0 Å². The fourth-order valence-electron chi connectivity index (χ4n) is 1.50. The summed E-state index contributed by atoms with van der Waals surface area (Å²) in [5.41, 5.74) is 0.184. The highest BCUT2D eigenvalue weighted by Gasteiger charge is 2.14. The van der Waals surface area contributed by atoms with Gasteiger partial charge in [-0.3, -0.25) is 9.48 Å². The molecule has 0 bridgehead atoms. The number of hydrogen-bond donors (Lipinski definition) is 2. The number of nitrogens with zero attached hydrogens (tertiary/aromatic N) is 3. The summed E-state index contributed by atoms with van der Waals surface area (Å²) in [6.07, 6.45) is 1.99. The van der Waals surface area contributed by atoms with Gasteiger partial charge in [0.25, 0.3) is 5.91 Å². The number of hydrogen-bond acceptors (Lipinski definition) is 5.